The zero-order valence-electron chi connectivity index (χ0n) is 24.6. The second-order valence-electron chi connectivity index (χ2n) is 11.7. The predicted molar refractivity (Wildman–Crippen MR) is 164 cm³/mol. The number of likely N-dealkylation sites (N-methyl/N-ethyl adjacent to an activating group) is 1. The van der Waals surface area contributed by atoms with Crippen molar-refractivity contribution in [3.63, 3.8) is 0 Å². The normalized spacial score (nSPS) is 20.8. The van der Waals surface area contributed by atoms with Crippen LogP contribution in [-0.4, -0.2) is 97.7 Å². The first kappa shape index (κ1) is 28.2. The van der Waals surface area contributed by atoms with Crippen molar-refractivity contribution in [1.29, 1.82) is 5.26 Å². The van der Waals surface area contributed by atoms with Crippen LogP contribution in [0.1, 0.15) is 30.5 Å². The van der Waals surface area contributed by atoms with Crippen LogP contribution >= 0.6 is 0 Å². The Labute approximate surface area is 247 Å². The summed E-state index contributed by atoms with van der Waals surface area (Å²) in [5, 5.41) is 15.3. The molecule has 10 heteroatoms. The number of carbonyl (C=O) groups excluding carboxylic acids is 1. The number of fused-ring (bicyclic) bond motifs is 2. The molecule has 4 heterocycles. The third kappa shape index (κ3) is 5.98. The Morgan fingerprint density at radius 3 is 2.83 bits per heavy atom. The van der Waals surface area contributed by atoms with Crippen molar-refractivity contribution in [2.75, 3.05) is 69.8 Å². The van der Waals surface area contributed by atoms with E-state index >= 15 is 0 Å². The second kappa shape index (κ2) is 12.5. The minimum Gasteiger partial charge on any atom is -0.462 e. The number of ether oxygens (including phenoxy) is 1. The number of hydrogen-bond acceptors (Lipinski definition) is 9. The van der Waals surface area contributed by atoms with E-state index in [0.717, 1.165) is 63.5 Å². The minimum atomic E-state index is 0.105. The fraction of sp³-hybridized carbons (Fsp3) is 0.500. The fourth-order valence-electron chi connectivity index (χ4n) is 6.45. The lowest BCUT2D eigenvalue weighted by Crippen LogP contribution is -2.51. The molecule has 0 spiro atoms. The van der Waals surface area contributed by atoms with Gasteiger partial charge in [0.15, 0.2) is 0 Å². The number of rotatable bonds is 8. The molecular formula is C32H40N8O2. The Bertz CT molecular complexity index is 1470. The van der Waals surface area contributed by atoms with E-state index in [2.05, 4.69) is 68.6 Å². The first-order valence-corrected chi connectivity index (χ1v) is 15.0. The summed E-state index contributed by atoms with van der Waals surface area (Å²) in [6.45, 7) is 5.65. The smallest absolute Gasteiger partial charge is 0.318 e. The van der Waals surface area contributed by atoms with Crippen molar-refractivity contribution < 1.29 is 9.53 Å². The summed E-state index contributed by atoms with van der Waals surface area (Å²) in [5.74, 6) is 1.04. The van der Waals surface area contributed by atoms with Crippen molar-refractivity contribution in [2.24, 2.45) is 0 Å². The molecule has 2 atom stereocenters. The summed E-state index contributed by atoms with van der Waals surface area (Å²) in [5.41, 5.74) is 3.39. The van der Waals surface area contributed by atoms with Gasteiger partial charge in [-0.25, -0.2) is 0 Å². The highest BCUT2D eigenvalue weighted by Crippen LogP contribution is 2.34. The highest BCUT2D eigenvalue weighted by molar-refractivity contribution is 5.94. The van der Waals surface area contributed by atoms with Crippen LogP contribution in [-0.2, 0) is 17.8 Å². The predicted octanol–water partition coefficient (Wildman–Crippen LogP) is 2.82. The maximum absolute atomic E-state index is 12.4. The maximum Gasteiger partial charge on any atom is 0.318 e. The molecule has 1 N–H and O–H groups in total. The molecule has 0 aliphatic carbocycles. The Balaban J connectivity index is 1.28. The molecular weight excluding hydrogens is 528 g/mol. The monoisotopic (exact) mass is 568 g/mol. The van der Waals surface area contributed by atoms with Crippen molar-refractivity contribution in [2.45, 2.75) is 44.3 Å². The molecule has 6 rings (SSSR count). The van der Waals surface area contributed by atoms with Crippen molar-refractivity contribution in [3.05, 3.63) is 53.7 Å². The molecule has 0 radical (unpaired) electrons. The average molecular weight is 569 g/mol. The molecule has 3 aliphatic heterocycles. The van der Waals surface area contributed by atoms with Gasteiger partial charge in [-0.2, -0.15) is 15.2 Å². The van der Waals surface area contributed by atoms with Crippen LogP contribution in [0, 0.1) is 11.3 Å². The number of benzene rings is 2. The van der Waals surface area contributed by atoms with Crippen LogP contribution in [0.5, 0.6) is 6.01 Å². The zero-order valence-corrected chi connectivity index (χ0v) is 24.6. The Kier molecular flexibility index (Phi) is 8.40. The van der Waals surface area contributed by atoms with Crippen LogP contribution in [0.25, 0.3) is 10.8 Å². The lowest BCUT2D eigenvalue weighted by Gasteiger charge is -2.37. The summed E-state index contributed by atoms with van der Waals surface area (Å²) in [7, 11) is 3.59. The van der Waals surface area contributed by atoms with E-state index in [0.29, 0.717) is 32.1 Å². The Morgan fingerprint density at radius 2 is 1.98 bits per heavy atom. The molecule has 220 valence electrons. The van der Waals surface area contributed by atoms with Gasteiger partial charge in [0.05, 0.1) is 31.3 Å². The average Bonchev–Trinajstić information content (AvgIpc) is 3.46. The van der Waals surface area contributed by atoms with E-state index < -0.39 is 0 Å². The molecule has 2 fully saturated rings. The maximum atomic E-state index is 12.4. The molecule has 0 bridgehead atoms. The SMILES string of the molecule is CN(C)C(=O)CN1CCC[C@H]1COc1nc2c(c(N3CCNC(CC#N)C3)n1)CCN(c1cccc3ccccc13)C2. The summed E-state index contributed by atoms with van der Waals surface area (Å²) >= 11 is 0. The molecule has 1 amide bonds. The molecule has 2 saturated heterocycles. The molecule has 2 aromatic carbocycles. The second-order valence-corrected chi connectivity index (χ2v) is 11.7. The molecule has 0 saturated carbocycles. The van der Waals surface area contributed by atoms with Crippen LogP contribution in [0.15, 0.2) is 42.5 Å². The van der Waals surface area contributed by atoms with Crippen LogP contribution in [0.4, 0.5) is 11.5 Å². The van der Waals surface area contributed by atoms with Gasteiger partial charge in [0.1, 0.15) is 12.4 Å². The van der Waals surface area contributed by atoms with Gasteiger partial charge in [-0.15, -0.1) is 0 Å². The van der Waals surface area contributed by atoms with Gasteiger partial charge >= 0.3 is 6.01 Å². The van der Waals surface area contributed by atoms with Gasteiger partial charge in [0.2, 0.25) is 5.91 Å². The number of hydrogen-bond donors (Lipinski definition) is 1. The van der Waals surface area contributed by atoms with Gasteiger partial charge in [-0.1, -0.05) is 36.4 Å². The van der Waals surface area contributed by atoms with E-state index in [9.17, 15) is 10.1 Å². The molecule has 10 nitrogen and oxygen atoms in total. The van der Waals surface area contributed by atoms with Crippen LogP contribution < -0.4 is 19.9 Å². The lowest BCUT2D eigenvalue weighted by molar-refractivity contribution is -0.130. The van der Waals surface area contributed by atoms with Gasteiger partial charge in [0.25, 0.3) is 0 Å². The topological polar surface area (TPSA) is 101 Å². The van der Waals surface area contributed by atoms with Gasteiger partial charge in [0, 0.05) is 69.0 Å². The number of carbonyl (C=O) groups is 1. The summed E-state index contributed by atoms with van der Waals surface area (Å²) in [6, 6.07) is 18.0. The zero-order chi connectivity index (χ0) is 29.1. The van der Waals surface area contributed by atoms with Gasteiger partial charge < -0.3 is 24.8 Å². The molecule has 42 heavy (non-hydrogen) atoms. The highest BCUT2D eigenvalue weighted by atomic mass is 16.5. The van der Waals surface area contributed by atoms with Gasteiger partial charge in [-0.3, -0.25) is 9.69 Å². The van der Waals surface area contributed by atoms with Crippen LogP contribution in [0.2, 0.25) is 0 Å². The van der Waals surface area contributed by atoms with Gasteiger partial charge in [-0.05, 0) is 37.3 Å². The largest absolute Gasteiger partial charge is 0.462 e. The quantitative estimate of drug-likeness (QED) is 0.440. The summed E-state index contributed by atoms with van der Waals surface area (Å²) in [6.07, 6.45) is 3.34. The first-order chi connectivity index (χ1) is 20.5. The molecule has 1 aromatic heterocycles. The number of aromatic nitrogens is 2. The number of piperazine rings is 1. The number of likely N-dealkylation sites (tertiary alicyclic amines) is 1. The van der Waals surface area contributed by atoms with Crippen molar-refractivity contribution in [3.8, 4) is 12.1 Å². The number of nitriles is 1. The third-order valence-electron chi connectivity index (χ3n) is 8.76. The Hall–Kier alpha value is -3.94. The standard InChI is InChI=1S/C32H40N8O2/c1-37(2)30(41)21-38-16-6-9-25(38)22-42-32-35-28-20-39(29-11-5-8-23-7-3-4-10-26(23)29)17-13-27(28)31(36-32)40-18-15-34-24(19-40)12-14-33/h3-5,7-8,10-11,24-25,34H,6,9,12-13,15-22H2,1-2H3/t24?,25-/m0/s1. The number of nitrogens with one attached hydrogen (secondary N) is 1. The van der Waals surface area contributed by atoms with E-state index in [1.807, 2.05) is 0 Å². The van der Waals surface area contributed by atoms with E-state index in [1.54, 1.807) is 19.0 Å². The van der Waals surface area contributed by atoms with Crippen LogP contribution in [0.3, 0.4) is 0 Å². The number of anilines is 2. The minimum absolute atomic E-state index is 0.105. The van der Waals surface area contributed by atoms with Crippen molar-refractivity contribution >= 4 is 28.2 Å². The first-order valence-electron chi connectivity index (χ1n) is 15.0. The van der Waals surface area contributed by atoms with Crippen molar-refractivity contribution in [1.82, 2.24) is 25.1 Å². The molecule has 3 aliphatic rings. The third-order valence-corrected chi connectivity index (χ3v) is 8.76. The number of amides is 1. The number of nitrogens with zero attached hydrogens (tertiary/aromatic N) is 7. The molecule has 1 unspecified atom stereocenters. The van der Waals surface area contributed by atoms with E-state index in [4.69, 9.17) is 14.7 Å². The van der Waals surface area contributed by atoms with E-state index in [-0.39, 0.29) is 18.0 Å². The molecule has 3 aromatic rings. The fourth-order valence-corrected chi connectivity index (χ4v) is 6.45. The highest BCUT2D eigenvalue weighted by Gasteiger charge is 2.31. The lowest BCUT2D eigenvalue weighted by atomic mass is 10.0. The van der Waals surface area contributed by atoms with E-state index in [1.165, 1.54) is 22.0 Å². The summed E-state index contributed by atoms with van der Waals surface area (Å²) in [4.78, 5) is 30.9. The Morgan fingerprint density at radius 1 is 1.12 bits per heavy atom. The summed E-state index contributed by atoms with van der Waals surface area (Å²) < 4.78 is 6.34.